The topological polar surface area (TPSA) is 72.4 Å². The second-order valence-corrected chi connectivity index (χ2v) is 6.60. The van der Waals surface area contributed by atoms with E-state index >= 15 is 0 Å². The minimum atomic E-state index is 0.663. The van der Waals surface area contributed by atoms with Gasteiger partial charge in [0.15, 0.2) is 22.1 Å². The van der Waals surface area contributed by atoms with Gasteiger partial charge in [0.1, 0.15) is 5.52 Å². The Morgan fingerprint density at radius 2 is 1.88 bits per heavy atom. The number of aromatic nitrogens is 3. The molecule has 0 spiro atoms. The summed E-state index contributed by atoms with van der Waals surface area (Å²) >= 11 is 1.53. The Bertz CT molecular complexity index is 892. The zero-order valence-electron chi connectivity index (χ0n) is 14.2. The molecule has 0 radical (unpaired) electrons. The molecular formula is C17H19N5O2S. The number of nitrogens with zero attached hydrogens (tertiary/aromatic N) is 4. The van der Waals surface area contributed by atoms with Crippen LogP contribution in [0.15, 0.2) is 23.7 Å². The predicted molar refractivity (Wildman–Crippen MR) is 99.5 cm³/mol. The highest BCUT2D eigenvalue weighted by molar-refractivity contribution is 7.16. The number of thiazole rings is 1. The van der Waals surface area contributed by atoms with Crippen molar-refractivity contribution in [2.75, 3.05) is 37.5 Å². The fourth-order valence-electron chi connectivity index (χ4n) is 2.95. The summed E-state index contributed by atoms with van der Waals surface area (Å²) in [7, 11) is 3.24. The van der Waals surface area contributed by atoms with E-state index in [2.05, 4.69) is 20.2 Å². The molecule has 0 unspecified atom stereocenters. The quantitative estimate of drug-likeness (QED) is 0.750. The SMILES string of the molecule is COc1ccc(Nc2nc(N3CCCC3)nc3scnc23)cc1OC. The molecule has 1 aliphatic rings. The maximum absolute atomic E-state index is 5.37. The molecule has 1 aliphatic heterocycles. The summed E-state index contributed by atoms with van der Waals surface area (Å²) in [6.07, 6.45) is 2.37. The summed E-state index contributed by atoms with van der Waals surface area (Å²) in [6.45, 7) is 2.00. The molecular weight excluding hydrogens is 338 g/mol. The fourth-order valence-corrected chi connectivity index (χ4v) is 3.60. The number of anilines is 3. The lowest BCUT2D eigenvalue weighted by atomic mass is 10.2. The van der Waals surface area contributed by atoms with Gasteiger partial charge < -0.3 is 19.7 Å². The second kappa shape index (κ2) is 6.72. The van der Waals surface area contributed by atoms with Gasteiger partial charge in [0, 0.05) is 24.8 Å². The number of ether oxygens (including phenoxy) is 2. The maximum atomic E-state index is 5.37. The Morgan fingerprint density at radius 3 is 2.64 bits per heavy atom. The summed E-state index contributed by atoms with van der Waals surface area (Å²) in [5, 5.41) is 3.35. The maximum Gasteiger partial charge on any atom is 0.228 e. The van der Waals surface area contributed by atoms with Gasteiger partial charge >= 0.3 is 0 Å². The lowest BCUT2D eigenvalue weighted by molar-refractivity contribution is 0.355. The number of hydrogen-bond acceptors (Lipinski definition) is 8. The van der Waals surface area contributed by atoms with Gasteiger partial charge in [0.05, 0.1) is 19.7 Å². The summed E-state index contributed by atoms with van der Waals surface area (Å²) < 4.78 is 10.7. The molecule has 25 heavy (non-hydrogen) atoms. The third-order valence-corrected chi connectivity index (χ3v) is 4.94. The number of benzene rings is 1. The van der Waals surface area contributed by atoms with E-state index in [0.29, 0.717) is 17.3 Å². The number of nitrogens with one attached hydrogen (secondary N) is 1. The summed E-state index contributed by atoms with van der Waals surface area (Å²) in [5.74, 6) is 2.82. The average Bonchev–Trinajstić information content (AvgIpc) is 3.33. The van der Waals surface area contributed by atoms with E-state index in [9.17, 15) is 0 Å². The van der Waals surface area contributed by atoms with Crippen LogP contribution in [0.4, 0.5) is 17.5 Å². The highest BCUT2D eigenvalue weighted by Crippen LogP contribution is 2.33. The van der Waals surface area contributed by atoms with E-state index in [0.717, 1.165) is 35.1 Å². The van der Waals surface area contributed by atoms with E-state index in [4.69, 9.17) is 14.5 Å². The molecule has 0 amide bonds. The van der Waals surface area contributed by atoms with Crippen molar-refractivity contribution in [1.82, 2.24) is 15.0 Å². The van der Waals surface area contributed by atoms with Crippen molar-refractivity contribution in [3.8, 4) is 11.5 Å². The lowest BCUT2D eigenvalue weighted by Gasteiger charge is -2.16. The Hall–Kier alpha value is -2.61. The molecule has 1 fully saturated rings. The third kappa shape index (κ3) is 3.05. The Kier molecular flexibility index (Phi) is 4.27. The van der Waals surface area contributed by atoms with E-state index in [1.807, 2.05) is 18.2 Å². The van der Waals surface area contributed by atoms with Crippen LogP contribution in [0.3, 0.4) is 0 Å². The lowest BCUT2D eigenvalue weighted by Crippen LogP contribution is -2.20. The molecule has 7 nitrogen and oxygen atoms in total. The molecule has 0 aliphatic carbocycles. The first-order chi connectivity index (χ1) is 12.3. The Morgan fingerprint density at radius 1 is 1.08 bits per heavy atom. The minimum Gasteiger partial charge on any atom is -0.493 e. The van der Waals surface area contributed by atoms with Crippen LogP contribution in [0.25, 0.3) is 10.3 Å². The molecule has 1 N–H and O–H groups in total. The smallest absolute Gasteiger partial charge is 0.228 e. The largest absolute Gasteiger partial charge is 0.493 e. The zero-order chi connectivity index (χ0) is 17.2. The van der Waals surface area contributed by atoms with Crippen LogP contribution >= 0.6 is 11.3 Å². The molecule has 0 saturated carbocycles. The predicted octanol–water partition coefficient (Wildman–Crippen LogP) is 3.45. The van der Waals surface area contributed by atoms with Gasteiger partial charge in [-0.2, -0.15) is 9.97 Å². The van der Waals surface area contributed by atoms with Crippen molar-refractivity contribution in [1.29, 1.82) is 0 Å². The van der Waals surface area contributed by atoms with Crippen LogP contribution in [-0.2, 0) is 0 Å². The number of hydrogen-bond donors (Lipinski definition) is 1. The van der Waals surface area contributed by atoms with E-state index in [1.165, 1.54) is 24.2 Å². The van der Waals surface area contributed by atoms with Crippen LogP contribution in [-0.4, -0.2) is 42.3 Å². The number of methoxy groups -OCH3 is 2. The van der Waals surface area contributed by atoms with Crippen molar-refractivity contribution >= 4 is 39.1 Å². The van der Waals surface area contributed by atoms with Crippen molar-refractivity contribution < 1.29 is 9.47 Å². The minimum absolute atomic E-state index is 0.663. The normalized spacial score (nSPS) is 14.1. The van der Waals surface area contributed by atoms with Crippen LogP contribution in [0.2, 0.25) is 0 Å². The van der Waals surface area contributed by atoms with Gasteiger partial charge in [-0.3, -0.25) is 0 Å². The molecule has 4 rings (SSSR count). The molecule has 3 heterocycles. The molecule has 3 aromatic rings. The highest BCUT2D eigenvalue weighted by Gasteiger charge is 2.19. The number of rotatable bonds is 5. The molecule has 2 aromatic heterocycles. The van der Waals surface area contributed by atoms with Crippen LogP contribution in [0.5, 0.6) is 11.5 Å². The van der Waals surface area contributed by atoms with Gasteiger partial charge in [0.25, 0.3) is 0 Å². The van der Waals surface area contributed by atoms with Gasteiger partial charge in [-0.05, 0) is 25.0 Å². The zero-order valence-corrected chi connectivity index (χ0v) is 15.0. The summed E-state index contributed by atoms with van der Waals surface area (Å²) in [6, 6.07) is 5.67. The molecule has 0 atom stereocenters. The third-order valence-electron chi connectivity index (χ3n) is 4.22. The van der Waals surface area contributed by atoms with Gasteiger partial charge in [-0.25, -0.2) is 4.98 Å². The first kappa shape index (κ1) is 15.9. The van der Waals surface area contributed by atoms with Crippen LogP contribution in [0, 0.1) is 0 Å². The highest BCUT2D eigenvalue weighted by atomic mass is 32.1. The Labute approximate surface area is 149 Å². The first-order valence-corrected chi connectivity index (χ1v) is 9.01. The van der Waals surface area contributed by atoms with Crippen LogP contribution in [0.1, 0.15) is 12.8 Å². The monoisotopic (exact) mass is 357 g/mol. The second-order valence-electron chi connectivity index (χ2n) is 5.77. The van der Waals surface area contributed by atoms with E-state index in [1.54, 1.807) is 19.7 Å². The van der Waals surface area contributed by atoms with E-state index in [-0.39, 0.29) is 0 Å². The van der Waals surface area contributed by atoms with Crippen LogP contribution < -0.4 is 19.7 Å². The van der Waals surface area contributed by atoms with Crippen molar-refractivity contribution in [3.63, 3.8) is 0 Å². The van der Waals surface area contributed by atoms with Crippen molar-refractivity contribution in [3.05, 3.63) is 23.7 Å². The Balaban J connectivity index is 1.72. The van der Waals surface area contributed by atoms with Crippen molar-refractivity contribution in [2.24, 2.45) is 0 Å². The standard InChI is InChI=1S/C17H19N5O2S/c1-23-12-6-5-11(9-13(12)24-2)19-15-14-16(25-10-18-14)21-17(20-15)22-7-3-4-8-22/h5-6,9-10H,3-4,7-8H2,1-2H3,(H,19,20,21). The van der Waals surface area contributed by atoms with E-state index < -0.39 is 0 Å². The number of fused-ring (bicyclic) bond motifs is 1. The van der Waals surface area contributed by atoms with Crippen molar-refractivity contribution in [2.45, 2.75) is 12.8 Å². The average molecular weight is 357 g/mol. The first-order valence-electron chi connectivity index (χ1n) is 8.13. The molecule has 130 valence electrons. The van der Waals surface area contributed by atoms with Gasteiger partial charge in [0.2, 0.25) is 5.95 Å². The molecule has 1 saturated heterocycles. The molecule has 1 aromatic carbocycles. The molecule has 0 bridgehead atoms. The summed E-state index contributed by atoms with van der Waals surface area (Å²) in [4.78, 5) is 16.9. The summed E-state index contributed by atoms with van der Waals surface area (Å²) in [5.41, 5.74) is 3.44. The fraction of sp³-hybridized carbons (Fsp3) is 0.353. The van der Waals surface area contributed by atoms with Gasteiger partial charge in [-0.15, -0.1) is 11.3 Å². The molecule has 8 heteroatoms. The van der Waals surface area contributed by atoms with Gasteiger partial charge in [-0.1, -0.05) is 0 Å².